The maximum absolute atomic E-state index is 6.27. The van der Waals surface area contributed by atoms with Gasteiger partial charge in [0.05, 0.1) is 0 Å². The molecule has 0 aliphatic rings. The van der Waals surface area contributed by atoms with Crippen LogP contribution in [0.15, 0.2) is 34.9 Å². The molecule has 0 fully saturated rings. The van der Waals surface area contributed by atoms with Crippen molar-refractivity contribution in [3.63, 3.8) is 0 Å². The molecule has 0 aromatic rings. The maximum Gasteiger partial charge on any atom is 0.157 e. The van der Waals surface area contributed by atoms with Crippen molar-refractivity contribution < 1.29 is 9.47 Å². The fourth-order valence-corrected chi connectivity index (χ4v) is 3.69. The van der Waals surface area contributed by atoms with Gasteiger partial charge in [-0.15, -0.1) is 0 Å². The first-order valence-electron chi connectivity index (χ1n) is 13.2. The normalized spacial score (nSPS) is 14.1. The summed E-state index contributed by atoms with van der Waals surface area (Å²) < 4.78 is 12.5. The van der Waals surface area contributed by atoms with Crippen LogP contribution in [0, 0.1) is 17.8 Å². The first kappa shape index (κ1) is 31.1. The van der Waals surface area contributed by atoms with Crippen LogP contribution >= 0.6 is 0 Å². The third-order valence-corrected chi connectivity index (χ3v) is 6.06. The minimum Gasteiger partial charge on any atom is -0.353 e. The Labute approximate surface area is 201 Å². The molecule has 0 N–H and O–H groups in total. The summed E-state index contributed by atoms with van der Waals surface area (Å²) in [7, 11) is 0. The number of rotatable bonds is 19. The lowest BCUT2D eigenvalue weighted by molar-refractivity contribution is -0.155. The Morgan fingerprint density at radius 2 is 0.875 bits per heavy atom. The van der Waals surface area contributed by atoms with Crippen LogP contribution in [0.2, 0.25) is 0 Å². The molecule has 0 rings (SSSR count). The molecule has 2 nitrogen and oxygen atoms in total. The lowest BCUT2D eigenvalue weighted by Crippen LogP contribution is -2.23. The van der Waals surface area contributed by atoms with E-state index < -0.39 is 0 Å². The molecule has 0 saturated heterocycles. The van der Waals surface area contributed by atoms with E-state index in [9.17, 15) is 0 Å². The summed E-state index contributed by atoms with van der Waals surface area (Å²) in [5, 5.41) is 0. The van der Waals surface area contributed by atoms with Crippen molar-refractivity contribution >= 4 is 0 Å². The summed E-state index contributed by atoms with van der Waals surface area (Å²) in [5.41, 5.74) is 4.24. The molecule has 0 spiro atoms. The van der Waals surface area contributed by atoms with Gasteiger partial charge in [-0.2, -0.15) is 0 Å². The summed E-state index contributed by atoms with van der Waals surface area (Å²) in [5.74, 6) is 1.99. The minimum absolute atomic E-state index is 0.0633. The average molecular weight is 449 g/mol. The highest BCUT2D eigenvalue weighted by atomic mass is 16.7. The molecular formula is C30H56O2. The summed E-state index contributed by atoms with van der Waals surface area (Å²) in [6.45, 7) is 21.7. The van der Waals surface area contributed by atoms with Gasteiger partial charge in [-0.1, -0.05) is 55.7 Å². The molecule has 0 aromatic carbocycles. The molecule has 0 heterocycles. The van der Waals surface area contributed by atoms with E-state index in [1.807, 2.05) is 0 Å². The van der Waals surface area contributed by atoms with Crippen LogP contribution in [0.25, 0.3) is 0 Å². The predicted molar refractivity (Wildman–Crippen MR) is 143 cm³/mol. The number of allylic oxidation sites excluding steroid dienone is 6. The smallest absolute Gasteiger partial charge is 0.157 e. The molecule has 32 heavy (non-hydrogen) atoms. The minimum atomic E-state index is -0.0633. The zero-order valence-corrected chi connectivity index (χ0v) is 23.1. The van der Waals surface area contributed by atoms with Gasteiger partial charge in [0, 0.05) is 19.6 Å². The molecule has 188 valence electrons. The second kappa shape index (κ2) is 19.6. The van der Waals surface area contributed by atoms with Gasteiger partial charge in [-0.3, -0.25) is 0 Å². The van der Waals surface area contributed by atoms with Crippen LogP contribution in [0.5, 0.6) is 0 Å². The Bertz CT molecular complexity index is 497. The van der Waals surface area contributed by atoms with Crippen LogP contribution < -0.4 is 0 Å². The molecule has 0 aliphatic heterocycles. The fourth-order valence-electron chi connectivity index (χ4n) is 3.69. The molecule has 0 unspecified atom stereocenters. The summed E-state index contributed by atoms with van der Waals surface area (Å²) in [4.78, 5) is 0. The van der Waals surface area contributed by atoms with Gasteiger partial charge in [-0.25, -0.2) is 0 Å². The van der Waals surface area contributed by atoms with Crippen LogP contribution in [0.4, 0.5) is 0 Å². The largest absolute Gasteiger partial charge is 0.353 e. The standard InChI is InChI=1S/C30H56O2/c1-24(2)13-10-16-27(7)19-21-31-30(23-29(9)18-12-15-26(5)6)32-22-20-28(8)17-11-14-25(3)4/h13-15,27-30H,10-12,16-23H2,1-9H3/t27-,28-,29+/m1/s1. The second-order valence-electron chi connectivity index (χ2n) is 10.9. The van der Waals surface area contributed by atoms with E-state index in [0.717, 1.165) is 38.9 Å². The third kappa shape index (κ3) is 21.0. The van der Waals surface area contributed by atoms with Crippen molar-refractivity contribution in [1.29, 1.82) is 0 Å². The van der Waals surface area contributed by atoms with E-state index in [2.05, 4.69) is 80.5 Å². The van der Waals surface area contributed by atoms with E-state index >= 15 is 0 Å². The molecule has 3 atom stereocenters. The Morgan fingerprint density at radius 3 is 1.22 bits per heavy atom. The van der Waals surface area contributed by atoms with E-state index in [1.54, 1.807) is 0 Å². The first-order chi connectivity index (χ1) is 15.1. The average Bonchev–Trinajstić information content (AvgIpc) is 2.66. The number of ether oxygens (including phenoxy) is 2. The van der Waals surface area contributed by atoms with Crippen LogP contribution in [0.3, 0.4) is 0 Å². The van der Waals surface area contributed by atoms with E-state index in [-0.39, 0.29) is 6.29 Å². The van der Waals surface area contributed by atoms with E-state index in [1.165, 1.54) is 48.8 Å². The summed E-state index contributed by atoms with van der Waals surface area (Å²) in [6.07, 6.45) is 17.4. The third-order valence-electron chi connectivity index (χ3n) is 6.06. The van der Waals surface area contributed by atoms with Crippen LogP contribution in [0.1, 0.15) is 120 Å². The van der Waals surface area contributed by atoms with Gasteiger partial charge in [0.15, 0.2) is 6.29 Å². The second-order valence-corrected chi connectivity index (χ2v) is 10.9. The van der Waals surface area contributed by atoms with Gasteiger partial charge in [0.2, 0.25) is 0 Å². The molecule has 2 heteroatoms. The monoisotopic (exact) mass is 448 g/mol. The quantitative estimate of drug-likeness (QED) is 0.145. The molecule has 0 bridgehead atoms. The van der Waals surface area contributed by atoms with Gasteiger partial charge >= 0.3 is 0 Å². The van der Waals surface area contributed by atoms with Gasteiger partial charge in [0.1, 0.15) is 0 Å². The van der Waals surface area contributed by atoms with Crippen LogP contribution in [-0.2, 0) is 9.47 Å². The van der Waals surface area contributed by atoms with E-state index in [4.69, 9.17) is 9.47 Å². The van der Waals surface area contributed by atoms with Crippen molar-refractivity contribution in [2.45, 2.75) is 126 Å². The van der Waals surface area contributed by atoms with Gasteiger partial charge in [-0.05, 0) is 111 Å². The Morgan fingerprint density at radius 1 is 0.531 bits per heavy atom. The first-order valence-corrected chi connectivity index (χ1v) is 13.2. The predicted octanol–water partition coefficient (Wildman–Crippen LogP) is 9.66. The number of hydrogen-bond acceptors (Lipinski definition) is 2. The summed E-state index contributed by atoms with van der Waals surface area (Å²) in [6, 6.07) is 0. The highest BCUT2D eigenvalue weighted by Gasteiger charge is 2.15. The lowest BCUT2D eigenvalue weighted by Gasteiger charge is -2.23. The molecular weight excluding hydrogens is 392 g/mol. The lowest BCUT2D eigenvalue weighted by atomic mass is 10.00. The van der Waals surface area contributed by atoms with Crippen LogP contribution in [-0.4, -0.2) is 19.5 Å². The zero-order chi connectivity index (χ0) is 24.4. The zero-order valence-electron chi connectivity index (χ0n) is 23.1. The van der Waals surface area contributed by atoms with Crippen molar-refractivity contribution in [1.82, 2.24) is 0 Å². The van der Waals surface area contributed by atoms with Crippen molar-refractivity contribution in [3.8, 4) is 0 Å². The molecule has 0 amide bonds. The molecule has 0 aliphatic carbocycles. The highest BCUT2D eigenvalue weighted by Crippen LogP contribution is 2.20. The Kier molecular flexibility index (Phi) is 19.1. The van der Waals surface area contributed by atoms with Gasteiger partial charge in [0.25, 0.3) is 0 Å². The summed E-state index contributed by atoms with van der Waals surface area (Å²) >= 11 is 0. The Hall–Kier alpha value is -0.860. The maximum atomic E-state index is 6.27. The van der Waals surface area contributed by atoms with E-state index in [0.29, 0.717) is 17.8 Å². The van der Waals surface area contributed by atoms with Gasteiger partial charge < -0.3 is 9.47 Å². The topological polar surface area (TPSA) is 18.5 Å². The highest BCUT2D eigenvalue weighted by molar-refractivity contribution is 4.94. The SMILES string of the molecule is CC(C)=CCC[C@@H](C)CCOC(C[C@@H](C)CCC=C(C)C)OCC[C@H](C)CCC=C(C)C. The number of hydrogen-bond donors (Lipinski definition) is 0. The van der Waals surface area contributed by atoms with Crippen molar-refractivity contribution in [2.75, 3.05) is 13.2 Å². The Balaban J connectivity index is 4.47. The molecule has 0 saturated carbocycles. The molecule has 0 aromatic heterocycles. The fraction of sp³-hybridized carbons (Fsp3) is 0.800. The molecule has 0 radical (unpaired) electrons. The van der Waals surface area contributed by atoms with Crippen molar-refractivity contribution in [2.24, 2.45) is 17.8 Å². The van der Waals surface area contributed by atoms with Crippen molar-refractivity contribution in [3.05, 3.63) is 34.9 Å².